The highest BCUT2D eigenvalue weighted by molar-refractivity contribution is 6.40. The maximum absolute atomic E-state index is 13.0. The minimum atomic E-state index is -0.465. The first-order valence-electron chi connectivity index (χ1n) is 10.1. The number of carbonyl (C=O) groups is 3. The molecular formula is C23H24N4O3. The summed E-state index contributed by atoms with van der Waals surface area (Å²) in [7, 11) is 0. The first kappa shape index (κ1) is 19.8. The van der Waals surface area contributed by atoms with Crippen LogP contribution in [0.4, 0.5) is 5.69 Å². The van der Waals surface area contributed by atoms with Crippen molar-refractivity contribution >= 4 is 29.0 Å². The number of Topliss-reactive ketones (excluding diaryl/α,β-unsaturated/α-hetero) is 1. The number of hydrazone groups is 1. The van der Waals surface area contributed by atoms with Crippen molar-refractivity contribution in [2.24, 2.45) is 5.10 Å². The highest BCUT2D eigenvalue weighted by atomic mass is 16.2. The van der Waals surface area contributed by atoms with Gasteiger partial charge >= 0.3 is 0 Å². The van der Waals surface area contributed by atoms with E-state index in [1.54, 1.807) is 26.9 Å². The molecule has 0 spiro atoms. The standard InChI is InChI=1S/C23H24N4O3/c1-17(28)21-16-20(24-27(21)19-10-6-3-7-11-19)23(30)26-14-12-25(13-15-26)22(29)18-8-4-2-5-9-18/h2-11,21H,12-16H2,1H3. The van der Waals surface area contributed by atoms with Gasteiger partial charge in [-0.05, 0) is 31.2 Å². The smallest absolute Gasteiger partial charge is 0.270 e. The fraction of sp³-hybridized carbons (Fsp3) is 0.304. The minimum Gasteiger partial charge on any atom is -0.335 e. The second-order valence-electron chi connectivity index (χ2n) is 7.51. The largest absolute Gasteiger partial charge is 0.335 e. The van der Waals surface area contributed by atoms with E-state index in [4.69, 9.17) is 0 Å². The lowest BCUT2D eigenvalue weighted by Gasteiger charge is -2.34. The molecule has 7 heteroatoms. The number of benzene rings is 2. The molecule has 2 aromatic carbocycles. The first-order chi connectivity index (χ1) is 14.5. The fourth-order valence-electron chi connectivity index (χ4n) is 3.83. The van der Waals surface area contributed by atoms with E-state index < -0.39 is 6.04 Å². The lowest BCUT2D eigenvalue weighted by atomic mass is 10.1. The summed E-state index contributed by atoms with van der Waals surface area (Å²) in [4.78, 5) is 41.3. The van der Waals surface area contributed by atoms with Gasteiger partial charge in [0.2, 0.25) is 0 Å². The number of carbonyl (C=O) groups excluding carboxylic acids is 3. The molecule has 2 heterocycles. The molecule has 1 fully saturated rings. The maximum atomic E-state index is 13.0. The number of nitrogens with zero attached hydrogens (tertiary/aromatic N) is 4. The van der Waals surface area contributed by atoms with Crippen molar-refractivity contribution in [2.45, 2.75) is 19.4 Å². The van der Waals surface area contributed by atoms with Crippen molar-refractivity contribution in [3.8, 4) is 0 Å². The second kappa shape index (κ2) is 8.49. The van der Waals surface area contributed by atoms with Crippen LogP contribution in [-0.4, -0.2) is 65.3 Å². The van der Waals surface area contributed by atoms with Gasteiger partial charge in [0.15, 0.2) is 5.78 Å². The van der Waals surface area contributed by atoms with Crippen molar-refractivity contribution < 1.29 is 14.4 Å². The average molecular weight is 404 g/mol. The summed E-state index contributed by atoms with van der Waals surface area (Å²) in [6, 6.07) is 18.1. The average Bonchev–Trinajstić information content (AvgIpc) is 3.25. The maximum Gasteiger partial charge on any atom is 0.270 e. The van der Waals surface area contributed by atoms with Crippen LogP contribution in [-0.2, 0) is 9.59 Å². The van der Waals surface area contributed by atoms with Gasteiger partial charge in [0.25, 0.3) is 11.8 Å². The molecule has 1 saturated heterocycles. The molecule has 4 rings (SSSR count). The molecule has 2 aromatic rings. The Labute approximate surface area is 175 Å². The number of piperazine rings is 1. The van der Waals surface area contributed by atoms with Crippen LogP contribution in [0.5, 0.6) is 0 Å². The third-order valence-corrected chi connectivity index (χ3v) is 5.52. The number of amides is 2. The highest BCUT2D eigenvalue weighted by Gasteiger charge is 2.36. The lowest BCUT2D eigenvalue weighted by molar-refractivity contribution is -0.125. The Bertz CT molecular complexity index is 966. The Morgan fingerprint density at radius 2 is 1.33 bits per heavy atom. The molecule has 1 atom stereocenters. The number of hydrogen-bond acceptors (Lipinski definition) is 5. The van der Waals surface area contributed by atoms with Crippen LogP contribution in [0.2, 0.25) is 0 Å². The molecule has 0 aromatic heterocycles. The molecule has 1 unspecified atom stereocenters. The van der Waals surface area contributed by atoms with E-state index >= 15 is 0 Å². The van der Waals surface area contributed by atoms with Crippen LogP contribution < -0.4 is 5.01 Å². The third-order valence-electron chi connectivity index (χ3n) is 5.52. The second-order valence-corrected chi connectivity index (χ2v) is 7.51. The van der Waals surface area contributed by atoms with E-state index in [1.807, 2.05) is 48.5 Å². The number of hydrogen-bond donors (Lipinski definition) is 0. The third kappa shape index (κ3) is 3.96. The van der Waals surface area contributed by atoms with E-state index in [0.29, 0.717) is 43.9 Å². The molecule has 0 radical (unpaired) electrons. The van der Waals surface area contributed by atoms with Gasteiger partial charge in [-0.25, -0.2) is 0 Å². The summed E-state index contributed by atoms with van der Waals surface area (Å²) >= 11 is 0. The van der Waals surface area contributed by atoms with E-state index in [0.717, 1.165) is 5.69 Å². The number of ketones is 1. The number of para-hydroxylation sites is 1. The van der Waals surface area contributed by atoms with Gasteiger partial charge < -0.3 is 9.80 Å². The van der Waals surface area contributed by atoms with Crippen LogP contribution in [0, 0.1) is 0 Å². The molecule has 0 saturated carbocycles. The summed E-state index contributed by atoms with van der Waals surface area (Å²) in [6.45, 7) is 3.38. The molecule has 2 aliphatic heterocycles. The normalized spacial score (nSPS) is 18.9. The quantitative estimate of drug-likeness (QED) is 0.783. The summed E-state index contributed by atoms with van der Waals surface area (Å²) in [5.41, 5.74) is 1.83. The van der Waals surface area contributed by atoms with Crippen LogP contribution in [0.1, 0.15) is 23.7 Å². The monoisotopic (exact) mass is 404 g/mol. The van der Waals surface area contributed by atoms with Crippen molar-refractivity contribution in [3.05, 3.63) is 66.2 Å². The van der Waals surface area contributed by atoms with Gasteiger partial charge in [0, 0.05) is 38.2 Å². The van der Waals surface area contributed by atoms with Crippen molar-refractivity contribution in [1.82, 2.24) is 9.80 Å². The zero-order valence-electron chi connectivity index (χ0n) is 16.9. The topological polar surface area (TPSA) is 73.3 Å². The lowest BCUT2D eigenvalue weighted by Crippen LogP contribution is -2.52. The Hall–Kier alpha value is -3.48. The van der Waals surface area contributed by atoms with Gasteiger partial charge in [-0.2, -0.15) is 5.10 Å². The van der Waals surface area contributed by atoms with Gasteiger partial charge in [0.1, 0.15) is 11.8 Å². The van der Waals surface area contributed by atoms with Crippen LogP contribution in [0.3, 0.4) is 0 Å². The van der Waals surface area contributed by atoms with E-state index in [-0.39, 0.29) is 17.6 Å². The summed E-state index contributed by atoms with van der Waals surface area (Å²) < 4.78 is 0. The summed E-state index contributed by atoms with van der Waals surface area (Å²) in [6.07, 6.45) is 0.298. The van der Waals surface area contributed by atoms with Gasteiger partial charge in [-0.1, -0.05) is 36.4 Å². The molecule has 30 heavy (non-hydrogen) atoms. The van der Waals surface area contributed by atoms with Crippen molar-refractivity contribution in [1.29, 1.82) is 0 Å². The zero-order valence-corrected chi connectivity index (χ0v) is 16.9. The SMILES string of the molecule is CC(=O)C1CC(C(=O)N2CCN(C(=O)c3ccccc3)CC2)=NN1c1ccccc1. The van der Waals surface area contributed by atoms with Crippen molar-refractivity contribution in [3.63, 3.8) is 0 Å². The fourth-order valence-corrected chi connectivity index (χ4v) is 3.83. The number of rotatable bonds is 4. The Morgan fingerprint density at radius 1 is 0.800 bits per heavy atom. The summed E-state index contributed by atoms with van der Waals surface area (Å²) in [5.74, 6) is -0.206. The zero-order chi connectivity index (χ0) is 21.1. The van der Waals surface area contributed by atoms with Gasteiger partial charge in [-0.15, -0.1) is 0 Å². The van der Waals surface area contributed by atoms with E-state index in [1.165, 1.54) is 6.92 Å². The van der Waals surface area contributed by atoms with Crippen molar-refractivity contribution in [2.75, 3.05) is 31.2 Å². The number of anilines is 1. The minimum absolute atomic E-state index is 0.0206. The Balaban J connectivity index is 1.43. The van der Waals surface area contributed by atoms with Gasteiger partial charge in [0.05, 0.1) is 5.69 Å². The summed E-state index contributed by atoms with van der Waals surface area (Å²) in [5, 5.41) is 6.14. The molecule has 154 valence electrons. The molecular weight excluding hydrogens is 380 g/mol. The van der Waals surface area contributed by atoms with E-state index in [2.05, 4.69) is 5.10 Å². The molecule has 2 aliphatic rings. The highest BCUT2D eigenvalue weighted by Crippen LogP contribution is 2.25. The van der Waals surface area contributed by atoms with Crippen LogP contribution in [0.25, 0.3) is 0 Å². The van der Waals surface area contributed by atoms with E-state index in [9.17, 15) is 14.4 Å². The molecule has 0 bridgehead atoms. The molecule has 7 nitrogen and oxygen atoms in total. The van der Waals surface area contributed by atoms with Crippen LogP contribution >= 0.6 is 0 Å². The molecule has 2 amide bonds. The van der Waals surface area contributed by atoms with Gasteiger partial charge in [-0.3, -0.25) is 19.4 Å². The molecule has 0 aliphatic carbocycles. The Morgan fingerprint density at radius 3 is 1.90 bits per heavy atom. The predicted molar refractivity (Wildman–Crippen MR) is 114 cm³/mol. The van der Waals surface area contributed by atoms with Crippen LogP contribution in [0.15, 0.2) is 65.8 Å². The predicted octanol–water partition coefficient (Wildman–Crippen LogP) is 2.19. The Kier molecular flexibility index (Phi) is 5.61. The first-order valence-corrected chi connectivity index (χ1v) is 10.1. The molecule has 0 N–H and O–H groups in total.